The van der Waals surface area contributed by atoms with Gasteiger partial charge in [-0.15, -0.1) is 0 Å². The lowest BCUT2D eigenvalue weighted by Gasteiger charge is -2.06. The fourth-order valence-electron chi connectivity index (χ4n) is 0.339. The predicted octanol–water partition coefficient (Wildman–Crippen LogP) is -0.584. The van der Waals surface area contributed by atoms with Crippen LogP contribution in [0.5, 0.6) is 0 Å². The predicted molar refractivity (Wildman–Crippen MR) is 28.7 cm³/mol. The third-order valence-electron chi connectivity index (χ3n) is 0.627. The van der Waals surface area contributed by atoms with E-state index in [0.717, 1.165) is 5.31 Å². The molecule has 0 radical (unpaired) electrons. The van der Waals surface area contributed by atoms with Gasteiger partial charge in [0, 0.05) is 12.4 Å². The Morgan fingerprint density at radius 1 is 2.14 bits per heavy atom. The summed E-state index contributed by atoms with van der Waals surface area (Å²) in [5.41, 5.74) is 2.09. The topological polar surface area (TPSA) is 50.4 Å². The molecule has 0 saturated heterocycles. The quantitative estimate of drug-likeness (QED) is 0.462. The Balaban J connectivity index is 2.55. The van der Waals surface area contributed by atoms with E-state index < -0.39 is 6.29 Å². The number of rotatable bonds is 1. The Labute approximate surface area is 44.8 Å². The largest absolute Gasteiger partial charge is 0.358 e. The molecular weight excluding hydrogens is 90.1 g/mol. The Morgan fingerprint density at radius 2 is 3.14 bits per heavy atom. The van der Waals surface area contributed by atoms with Gasteiger partial charge in [-0.05, 0) is 6.08 Å². The third-order valence-corrected chi connectivity index (χ3v) is 0.627. The van der Waals surface area contributed by atoms with Crippen molar-refractivity contribution in [3.8, 4) is 0 Å². The highest BCUT2D eigenvalue weighted by atomic mass is 15.2. The summed E-state index contributed by atoms with van der Waals surface area (Å²) in [7, 11) is 0. The van der Waals surface area contributed by atoms with Gasteiger partial charge >= 0.3 is 0 Å². The van der Waals surface area contributed by atoms with Crippen molar-refractivity contribution in [3.63, 3.8) is 0 Å². The van der Waals surface area contributed by atoms with Crippen molar-refractivity contribution in [3.05, 3.63) is 12.3 Å². The van der Waals surface area contributed by atoms with Gasteiger partial charge in [0.05, 0.1) is 0 Å². The minimum absolute atomic E-state index is 0.546. The second kappa shape index (κ2) is 1.75. The van der Waals surface area contributed by atoms with Gasteiger partial charge in [0.1, 0.15) is 1.41 Å². The molecule has 0 fully saturated rings. The van der Waals surface area contributed by atoms with Gasteiger partial charge in [-0.2, -0.15) is 0 Å². The minimum atomic E-state index is -0.546. The van der Waals surface area contributed by atoms with Crippen molar-refractivity contribution in [2.24, 2.45) is 10.7 Å². The highest BCUT2D eigenvalue weighted by Crippen LogP contribution is 1.79. The van der Waals surface area contributed by atoms with Crippen molar-refractivity contribution in [1.29, 1.82) is 0 Å². The molecular formula is C4H7N3. The molecule has 0 bridgehead atoms. The number of hydrogen-bond donors (Lipinski definition) is 2. The number of hydrogen-bond acceptors (Lipinski definition) is 3. The number of aliphatic imine (C=N–C) groups is 1. The SMILES string of the molecule is [2H]NC1N=CC=CN1[2H]. The zero-order valence-corrected chi connectivity index (χ0v) is 3.70. The van der Waals surface area contributed by atoms with Crippen molar-refractivity contribution < 1.29 is 2.82 Å². The zero-order chi connectivity index (χ0) is 6.69. The number of nitrogens with zero attached hydrogens (tertiary/aromatic N) is 1. The van der Waals surface area contributed by atoms with E-state index in [0.29, 0.717) is 0 Å². The van der Waals surface area contributed by atoms with Crippen LogP contribution in [-0.2, 0) is 0 Å². The van der Waals surface area contributed by atoms with Gasteiger partial charge in [-0.3, -0.25) is 10.7 Å². The summed E-state index contributed by atoms with van der Waals surface area (Å²) in [4.78, 5) is 3.76. The van der Waals surface area contributed by atoms with Crippen LogP contribution in [-0.4, -0.2) is 12.5 Å². The summed E-state index contributed by atoms with van der Waals surface area (Å²) in [6, 6.07) is 0. The molecule has 0 amide bonds. The van der Waals surface area contributed by atoms with Crippen LogP contribution in [0.3, 0.4) is 0 Å². The standard InChI is InChI=1S/C4H7N3/c5-4-6-2-1-3-7-4/h1-4,6H,5H2/i/hD2. The summed E-state index contributed by atoms with van der Waals surface area (Å²) in [6.45, 7) is 0. The molecule has 0 spiro atoms. The van der Waals surface area contributed by atoms with E-state index in [1.54, 1.807) is 12.3 Å². The van der Waals surface area contributed by atoms with Gasteiger partial charge in [0.2, 0.25) is 0 Å². The van der Waals surface area contributed by atoms with Gasteiger partial charge < -0.3 is 5.31 Å². The fourth-order valence-corrected chi connectivity index (χ4v) is 0.339. The first-order valence-corrected chi connectivity index (χ1v) is 1.99. The fraction of sp³-hybridized carbons (Fsp3) is 0.250. The molecule has 0 aromatic carbocycles. The summed E-state index contributed by atoms with van der Waals surface area (Å²) >= 11 is 0. The lowest BCUT2D eigenvalue weighted by Crippen LogP contribution is -2.32. The smallest absolute Gasteiger partial charge is 0.170 e. The molecule has 0 saturated carbocycles. The molecule has 0 aliphatic carbocycles. The highest BCUT2D eigenvalue weighted by Gasteiger charge is 1.91. The van der Waals surface area contributed by atoms with E-state index in [1.165, 1.54) is 6.20 Å². The lowest BCUT2D eigenvalue weighted by molar-refractivity contribution is 0.639. The number of nitrogens with two attached hydrogens (primary N) is 1. The molecule has 0 aromatic rings. The molecule has 3 nitrogen and oxygen atoms in total. The van der Waals surface area contributed by atoms with E-state index in [1.807, 2.05) is 0 Å². The monoisotopic (exact) mass is 99.1 g/mol. The molecule has 1 heterocycles. The van der Waals surface area contributed by atoms with Crippen LogP contribution in [0.15, 0.2) is 17.3 Å². The molecule has 1 aliphatic rings. The van der Waals surface area contributed by atoms with Crippen LogP contribution in [0, 0.1) is 0 Å². The first-order valence-electron chi connectivity index (χ1n) is 2.94. The molecule has 3 N–H and O–H groups in total. The summed E-state index contributed by atoms with van der Waals surface area (Å²) < 4.78 is 13.7. The maximum absolute atomic E-state index is 7.08. The summed E-state index contributed by atoms with van der Waals surface area (Å²) in [5, 5.41) is 1.06. The average Bonchev–Trinajstić information content (AvgIpc) is 1.89. The number of nitrogens with one attached hydrogen (secondary N) is 1. The molecule has 1 rings (SSSR count). The van der Waals surface area contributed by atoms with E-state index >= 15 is 0 Å². The van der Waals surface area contributed by atoms with Crippen LogP contribution in [0.1, 0.15) is 0 Å². The van der Waals surface area contributed by atoms with Crippen molar-refractivity contribution in [2.45, 2.75) is 6.29 Å². The Bertz CT molecular complexity index is 145. The van der Waals surface area contributed by atoms with E-state index in [9.17, 15) is 0 Å². The minimum Gasteiger partial charge on any atom is -0.358 e. The molecule has 1 unspecified atom stereocenters. The molecule has 38 valence electrons. The normalized spacial score (nSPS) is 32.6. The molecule has 7 heavy (non-hydrogen) atoms. The maximum Gasteiger partial charge on any atom is 0.170 e. The Hall–Kier alpha value is -0.830. The molecule has 1 atom stereocenters. The van der Waals surface area contributed by atoms with Crippen molar-refractivity contribution in [2.75, 3.05) is 0 Å². The first-order chi connectivity index (χ1) is 4.34. The van der Waals surface area contributed by atoms with Gasteiger partial charge in [0.15, 0.2) is 7.70 Å². The van der Waals surface area contributed by atoms with Crippen LogP contribution in [0.4, 0.5) is 0 Å². The van der Waals surface area contributed by atoms with Crippen LogP contribution < -0.4 is 11.0 Å². The van der Waals surface area contributed by atoms with Crippen LogP contribution in [0.2, 0.25) is 2.82 Å². The second-order valence-electron chi connectivity index (χ2n) is 1.16. The number of allylic oxidation sites excluding steroid dienone is 1. The second-order valence-corrected chi connectivity index (χ2v) is 1.16. The van der Waals surface area contributed by atoms with Gasteiger partial charge in [-0.1, -0.05) is 0 Å². The maximum atomic E-state index is 7.08. The van der Waals surface area contributed by atoms with Crippen molar-refractivity contribution >= 4 is 6.21 Å². The molecule has 0 aromatic heterocycles. The van der Waals surface area contributed by atoms with Crippen molar-refractivity contribution in [1.82, 2.24) is 5.31 Å². The van der Waals surface area contributed by atoms with E-state index in [4.69, 9.17) is 2.82 Å². The summed E-state index contributed by atoms with van der Waals surface area (Å²) in [6.07, 6.45) is 4.17. The average molecular weight is 99.1 g/mol. The first kappa shape index (κ1) is 2.47. The van der Waals surface area contributed by atoms with Gasteiger partial charge in [0.25, 0.3) is 0 Å². The van der Waals surface area contributed by atoms with Gasteiger partial charge in [-0.25, -0.2) is 0 Å². The summed E-state index contributed by atoms with van der Waals surface area (Å²) in [5.74, 6) is 0. The highest BCUT2D eigenvalue weighted by molar-refractivity contribution is 5.71. The van der Waals surface area contributed by atoms with E-state index in [-0.39, 0.29) is 0 Å². The Morgan fingerprint density at radius 3 is 3.71 bits per heavy atom. The Kier molecular flexibility index (Phi) is 0.617. The van der Waals surface area contributed by atoms with Crippen LogP contribution in [0.25, 0.3) is 0 Å². The van der Waals surface area contributed by atoms with E-state index in [2.05, 4.69) is 10.7 Å². The molecule has 3 heteroatoms. The lowest BCUT2D eigenvalue weighted by atomic mass is 10.6. The third kappa shape index (κ3) is 1.01. The zero-order valence-electron chi connectivity index (χ0n) is 5.70. The molecule has 1 aliphatic heterocycles. The van der Waals surface area contributed by atoms with Crippen LogP contribution >= 0.6 is 0 Å².